The van der Waals surface area contributed by atoms with E-state index in [1.807, 2.05) is 0 Å². The topological polar surface area (TPSA) is 81.0 Å². The summed E-state index contributed by atoms with van der Waals surface area (Å²) in [6.07, 6.45) is 8.42. The number of unbranched alkanes of at least 4 members (excludes halogenated alkanes) is 9. The number of β-amino-alcohol motifs (C(OH)–C–C–N with tert-alkyl or cyclic N) is 1. The Bertz CT molecular complexity index is 311. The number of carbonyl (C=O) groups is 1. The van der Waals surface area contributed by atoms with Crippen molar-refractivity contribution in [3.63, 3.8) is 0 Å². The molecule has 0 aromatic rings. The fourth-order valence-corrected chi connectivity index (χ4v) is 2.96. The summed E-state index contributed by atoms with van der Waals surface area (Å²) < 4.78 is 0. The van der Waals surface area contributed by atoms with Crippen molar-refractivity contribution in [2.45, 2.75) is 89.4 Å². The molecule has 3 N–H and O–H groups in total. The maximum absolute atomic E-state index is 11.8. The van der Waals surface area contributed by atoms with Crippen molar-refractivity contribution < 1.29 is 20.1 Å². The maximum Gasteiger partial charge on any atom is 0.254 e. The molecule has 0 radical (unpaired) electrons. The monoisotopic (exact) mass is 315 g/mol. The average molecular weight is 315 g/mol. The number of likely N-dealkylation sites (tertiary alicyclic amines) is 1. The van der Waals surface area contributed by atoms with E-state index in [9.17, 15) is 20.1 Å². The molecule has 1 amide bonds. The molecule has 1 saturated heterocycles. The summed E-state index contributed by atoms with van der Waals surface area (Å²) in [5.41, 5.74) is 0. The molecule has 0 spiro atoms. The molecule has 0 unspecified atom stereocenters. The molecular formula is C17H33NO4. The first-order valence-corrected chi connectivity index (χ1v) is 8.91. The Hall–Kier alpha value is -0.650. The fourth-order valence-electron chi connectivity index (χ4n) is 2.96. The van der Waals surface area contributed by atoms with Crippen molar-refractivity contribution >= 4 is 5.91 Å². The number of aliphatic hydroxyl groups excluding tert-OH is 3. The minimum atomic E-state index is -1.48. The lowest BCUT2D eigenvalue weighted by Crippen LogP contribution is -2.58. The number of hydrogen-bond donors (Lipinski definition) is 3. The van der Waals surface area contributed by atoms with Crippen LogP contribution in [0.25, 0.3) is 0 Å². The van der Waals surface area contributed by atoms with Crippen LogP contribution < -0.4 is 0 Å². The van der Waals surface area contributed by atoms with E-state index in [0.29, 0.717) is 6.54 Å². The van der Waals surface area contributed by atoms with Crippen LogP contribution in [0.5, 0.6) is 0 Å². The van der Waals surface area contributed by atoms with Crippen LogP contribution in [-0.4, -0.2) is 57.5 Å². The van der Waals surface area contributed by atoms with Gasteiger partial charge in [-0.2, -0.15) is 0 Å². The summed E-state index contributed by atoms with van der Waals surface area (Å²) in [5, 5.41) is 28.6. The van der Waals surface area contributed by atoms with Gasteiger partial charge in [0.05, 0.1) is 0 Å². The summed E-state index contributed by atoms with van der Waals surface area (Å²) in [4.78, 5) is 13.2. The summed E-state index contributed by atoms with van der Waals surface area (Å²) in [6, 6.07) is 0. The molecule has 5 nitrogen and oxygen atoms in total. The molecule has 0 aliphatic carbocycles. The van der Waals surface area contributed by atoms with Crippen molar-refractivity contribution in [3.8, 4) is 0 Å². The van der Waals surface area contributed by atoms with E-state index in [1.54, 1.807) is 0 Å². The third kappa shape index (κ3) is 6.63. The van der Waals surface area contributed by atoms with Gasteiger partial charge in [0.25, 0.3) is 5.91 Å². The third-order valence-electron chi connectivity index (χ3n) is 4.47. The lowest BCUT2D eigenvalue weighted by molar-refractivity contribution is -0.165. The lowest BCUT2D eigenvalue weighted by atomic mass is 10.0. The molecular weight excluding hydrogens is 282 g/mol. The van der Waals surface area contributed by atoms with E-state index >= 15 is 0 Å². The SMILES string of the molecule is CCCCCCCCCCCCN1C[C@@H](O)[C@@H](O)[C@@H](O)C1=O. The minimum Gasteiger partial charge on any atom is -0.388 e. The lowest BCUT2D eigenvalue weighted by Gasteiger charge is -2.36. The van der Waals surface area contributed by atoms with E-state index in [1.165, 1.54) is 56.3 Å². The second kappa shape index (κ2) is 11.0. The molecule has 5 heteroatoms. The average Bonchev–Trinajstić information content (AvgIpc) is 2.51. The zero-order valence-corrected chi connectivity index (χ0v) is 13.9. The number of hydrogen-bond acceptors (Lipinski definition) is 4. The summed E-state index contributed by atoms with van der Waals surface area (Å²) in [7, 11) is 0. The van der Waals surface area contributed by atoms with Crippen LogP contribution in [0.3, 0.4) is 0 Å². The molecule has 0 aromatic heterocycles. The number of carbonyl (C=O) groups excluding carboxylic acids is 1. The van der Waals surface area contributed by atoms with Gasteiger partial charge in [-0.3, -0.25) is 4.79 Å². The molecule has 0 bridgehead atoms. The second-order valence-electron chi connectivity index (χ2n) is 6.47. The number of rotatable bonds is 11. The normalized spacial score (nSPS) is 25.7. The molecule has 1 fully saturated rings. The van der Waals surface area contributed by atoms with Crippen molar-refractivity contribution in [2.75, 3.05) is 13.1 Å². The van der Waals surface area contributed by atoms with Crippen LogP contribution in [-0.2, 0) is 4.79 Å². The van der Waals surface area contributed by atoms with E-state index < -0.39 is 24.2 Å². The highest BCUT2D eigenvalue weighted by Crippen LogP contribution is 2.15. The van der Waals surface area contributed by atoms with Crippen LogP contribution in [0.15, 0.2) is 0 Å². The fraction of sp³-hybridized carbons (Fsp3) is 0.941. The molecule has 0 aromatic carbocycles. The van der Waals surface area contributed by atoms with Crippen molar-refractivity contribution in [1.82, 2.24) is 4.90 Å². The Kier molecular flexibility index (Phi) is 9.68. The van der Waals surface area contributed by atoms with Crippen molar-refractivity contribution in [3.05, 3.63) is 0 Å². The highest BCUT2D eigenvalue weighted by molar-refractivity contribution is 5.82. The van der Waals surface area contributed by atoms with Crippen LogP contribution in [0.1, 0.15) is 71.1 Å². The van der Waals surface area contributed by atoms with Gasteiger partial charge in [-0.25, -0.2) is 0 Å². The number of amides is 1. The Morgan fingerprint density at radius 3 is 1.95 bits per heavy atom. The molecule has 1 aliphatic heterocycles. The van der Waals surface area contributed by atoms with Gasteiger partial charge in [-0.05, 0) is 6.42 Å². The van der Waals surface area contributed by atoms with Crippen molar-refractivity contribution in [2.24, 2.45) is 0 Å². The van der Waals surface area contributed by atoms with E-state index in [2.05, 4.69) is 6.92 Å². The molecule has 1 heterocycles. The first-order chi connectivity index (χ1) is 10.6. The zero-order valence-electron chi connectivity index (χ0n) is 13.9. The maximum atomic E-state index is 11.8. The smallest absolute Gasteiger partial charge is 0.254 e. The van der Waals surface area contributed by atoms with E-state index in [4.69, 9.17) is 0 Å². The molecule has 22 heavy (non-hydrogen) atoms. The first kappa shape index (κ1) is 19.4. The Morgan fingerprint density at radius 2 is 1.41 bits per heavy atom. The molecule has 1 rings (SSSR count). The first-order valence-electron chi connectivity index (χ1n) is 8.91. The molecule has 1 aliphatic rings. The quantitative estimate of drug-likeness (QED) is 0.508. The third-order valence-corrected chi connectivity index (χ3v) is 4.47. The van der Waals surface area contributed by atoms with E-state index in [-0.39, 0.29) is 6.54 Å². The highest BCUT2D eigenvalue weighted by atomic mass is 16.4. The Labute approximate surface area is 134 Å². The van der Waals surface area contributed by atoms with Crippen LogP contribution >= 0.6 is 0 Å². The summed E-state index contributed by atoms with van der Waals surface area (Å²) >= 11 is 0. The second-order valence-corrected chi connectivity index (χ2v) is 6.47. The van der Waals surface area contributed by atoms with Crippen molar-refractivity contribution in [1.29, 1.82) is 0 Å². The van der Waals surface area contributed by atoms with Gasteiger partial charge in [0.1, 0.15) is 12.2 Å². The van der Waals surface area contributed by atoms with Gasteiger partial charge in [0, 0.05) is 13.1 Å². The zero-order chi connectivity index (χ0) is 16.4. The number of nitrogens with zero attached hydrogens (tertiary/aromatic N) is 1. The van der Waals surface area contributed by atoms with Gasteiger partial charge in [-0.1, -0.05) is 64.7 Å². The Balaban J connectivity index is 2.01. The predicted octanol–water partition coefficient (Wildman–Crippen LogP) is 1.83. The molecule has 3 atom stereocenters. The van der Waals surface area contributed by atoms with Gasteiger partial charge < -0.3 is 20.2 Å². The van der Waals surface area contributed by atoms with Crippen LogP contribution in [0, 0.1) is 0 Å². The van der Waals surface area contributed by atoms with E-state index in [0.717, 1.165) is 12.8 Å². The Morgan fingerprint density at radius 1 is 0.909 bits per heavy atom. The highest BCUT2D eigenvalue weighted by Gasteiger charge is 2.39. The number of piperidine rings is 1. The number of aliphatic hydroxyl groups is 3. The van der Waals surface area contributed by atoms with Crippen LogP contribution in [0.2, 0.25) is 0 Å². The standard InChI is InChI=1S/C17H33NO4/c1-2-3-4-5-6-7-8-9-10-11-12-18-13-14(19)15(20)16(21)17(18)22/h14-16,19-21H,2-13H2,1H3/t14-,15-,16-/m1/s1. The summed E-state index contributed by atoms with van der Waals surface area (Å²) in [5.74, 6) is -0.464. The van der Waals surface area contributed by atoms with Gasteiger partial charge in [0.15, 0.2) is 6.10 Å². The van der Waals surface area contributed by atoms with Gasteiger partial charge in [0.2, 0.25) is 0 Å². The minimum absolute atomic E-state index is 0.120. The van der Waals surface area contributed by atoms with Gasteiger partial charge in [-0.15, -0.1) is 0 Å². The predicted molar refractivity (Wildman–Crippen MR) is 86.4 cm³/mol. The molecule has 130 valence electrons. The molecule has 0 saturated carbocycles. The van der Waals surface area contributed by atoms with Gasteiger partial charge >= 0.3 is 0 Å². The summed E-state index contributed by atoms with van der Waals surface area (Å²) in [6.45, 7) is 2.90. The largest absolute Gasteiger partial charge is 0.388 e. The van der Waals surface area contributed by atoms with Crippen LogP contribution in [0.4, 0.5) is 0 Å².